The van der Waals surface area contributed by atoms with Gasteiger partial charge in [-0.15, -0.1) is 0 Å². The summed E-state index contributed by atoms with van der Waals surface area (Å²) in [5, 5.41) is 0. The fourth-order valence-electron chi connectivity index (χ4n) is 4.58. The summed E-state index contributed by atoms with van der Waals surface area (Å²) >= 11 is 0. The molecule has 0 saturated heterocycles. The monoisotopic (exact) mass is 510 g/mol. The third-order valence-electron chi connectivity index (χ3n) is 6.66. The van der Waals surface area contributed by atoms with Crippen molar-refractivity contribution < 1.29 is 29.1 Å². The molecule has 0 fully saturated rings. The quantitative estimate of drug-likeness (QED) is 0.0898. The molecule has 3 atom stereocenters. The van der Waals surface area contributed by atoms with Gasteiger partial charge in [-0.25, -0.2) is 9.59 Å². The Labute approximate surface area is 220 Å². The number of allylic oxidation sites excluding steroid dienone is 2. The first-order valence-corrected chi connectivity index (χ1v) is 14.2. The van der Waals surface area contributed by atoms with E-state index in [4.69, 9.17) is 19.6 Å². The van der Waals surface area contributed by atoms with E-state index in [-0.39, 0.29) is 17.9 Å². The maximum atomic E-state index is 13.2. The van der Waals surface area contributed by atoms with Gasteiger partial charge in [0.1, 0.15) is 11.2 Å². The molecule has 0 aromatic carbocycles. The van der Waals surface area contributed by atoms with Crippen LogP contribution in [0, 0.1) is 17.3 Å². The van der Waals surface area contributed by atoms with E-state index < -0.39 is 16.6 Å². The zero-order valence-electron chi connectivity index (χ0n) is 24.5. The Morgan fingerprint density at radius 1 is 0.778 bits per heavy atom. The van der Waals surface area contributed by atoms with Crippen molar-refractivity contribution in [1.29, 1.82) is 0 Å². The lowest BCUT2D eigenvalue weighted by Gasteiger charge is -2.39. The second-order valence-electron chi connectivity index (χ2n) is 12.7. The van der Waals surface area contributed by atoms with Crippen molar-refractivity contribution in [1.82, 2.24) is 0 Å². The van der Waals surface area contributed by atoms with Crippen molar-refractivity contribution in [3.63, 3.8) is 0 Å². The molecular weight excluding hydrogens is 456 g/mol. The highest BCUT2D eigenvalue weighted by Crippen LogP contribution is 2.45. The molecule has 1 aliphatic carbocycles. The Morgan fingerprint density at radius 2 is 1.33 bits per heavy atom. The van der Waals surface area contributed by atoms with Gasteiger partial charge in [0.2, 0.25) is 0 Å². The summed E-state index contributed by atoms with van der Waals surface area (Å²) in [4.78, 5) is 45.6. The van der Waals surface area contributed by atoms with Crippen LogP contribution in [0.2, 0.25) is 0 Å². The summed E-state index contributed by atoms with van der Waals surface area (Å²) in [5.41, 5.74) is -1.57. The van der Waals surface area contributed by atoms with Crippen LogP contribution in [0.5, 0.6) is 0 Å². The molecule has 1 aliphatic rings. The van der Waals surface area contributed by atoms with Gasteiger partial charge in [0.05, 0.1) is 5.41 Å². The molecule has 0 heterocycles. The number of carbonyl (C=O) groups is 2. The van der Waals surface area contributed by atoms with Crippen molar-refractivity contribution in [3.8, 4) is 0 Å². The zero-order valence-corrected chi connectivity index (χ0v) is 24.5. The van der Waals surface area contributed by atoms with Crippen molar-refractivity contribution in [2.24, 2.45) is 17.3 Å². The fraction of sp³-hybridized carbons (Fsp3) is 0.867. The van der Waals surface area contributed by atoms with Gasteiger partial charge in [-0.05, 0) is 86.0 Å². The van der Waals surface area contributed by atoms with E-state index in [9.17, 15) is 9.59 Å². The van der Waals surface area contributed by atoms with Gasteiger partial charge in [-0.1, -0.05) is 70.4 Å². The molecule has 0 aromatic rings. The molecule has 3 unspecified atom stereocenters. The van der Waals surface area contributed by atoms with Crippen LogP contribution in [-0.2, 0) is 29.1 Å². The van der Waals surface area contributed by atoms with E-state index in [2.05, 4.69) is 26.0 Å². The predicted octanol–water partition coefficient (Wildman–Crippen LogP) is 8.43. The second kappa shape index (κ2) is 15.8. The number of hydrogen-bond donors (Lipinski definition) is 0. The number of unbranched alkanes of at least 4 members (excludes halogenated alkanes) is 7. The van der Waals surface area contributed by atoms with Crippen molar-refractivity contribution >= 4 is 11.9 Å². The zero-order chi connectivity index (χ0) is 27.2. The standard InChI is InChI=1S/C30H54O6/c1-9-10-11-16-19-25-22-21-24(23-30(25,8)27(32)34-36-29(5,6)7)18-15-13-12-14-17-20-26(31)33-35-28(2,3)4/h21-22,24-25H,9-20,23H2,1-8H3. The van der Waals surface area contributed by atoms with Crippen LogP contribution in [0.25, 0.3) is 0 Å². The van der Waals surface area contributed by atoms with Crippen LogP contribution in [0.4, 0.5) is 0 Å². The van der Waals surface area contributed by atoms with Gasteiger partial charge < -0.3 is 0 Å². The summed E-state index contributed by atoms with van der Waals surface area (Å²) in [5.74, 6) is 0.00928. The van der Waals surface area contributed by atoms with Gasteiger partial charge in [0.15, 0.2) is 0 Å². The van der Waals surface area contributed by atoms with E-state index in [1.807, 2.05) is 41.5 Å². The van der Waals surface area contributed by atoms with Gasteiger partial charge >= 0.3 is 11.9 Å². The molecule has 6 nitrogen and oxygen atoms in total. The summed E-state index contributed by atoms with van der Waals surface area (Å²) in [6.07, 6.45) is 17.7. The highest BCUT2D eigenvalue weighted by atomic mass is 17.2. The topological polar surface area (TPSA) is 71.1 Å². The molecule has 6 heteroatoms. The van der Waals surface area contributed by atoms with Crippen LogP contribution in [0.1, 0.15) is 139 Å². The van der Waals surface area contributed by atoms with E-state index in [1.54, 1.807) is 0 Å². The molecule has 0 aliphatic heterocycles. The Balaban J connectivity index is 2.48. The summed E-state index contributed by atoms with van der Waals surface area (Å²) in [6, 6.07) is 0. The Morgan fingerprint density at radius 3 is 1.97 bits per heavy atom. The molecule has 36 heavy (non-hydrogen) atoms. The smallest absolute Gasteiger partial charge is 0.298 e. The van der Waals surface area contributed by atoms with Gasteiger partial charge in [0, 0.05) is 6.42 Å². The Hall–Kier alpha value is -1.40. The van der Waals surface area contributed by atoms with Crippen LogP contribution in [-0.4, -0.2) is 23.1 Å². The number of hydrogen-bond acceptors (Lipinski definition) is 6. The minimum atomic E-state index is -0.563. The van der Waals surface area contributed by atoms with Crippen molar-refractivity contribution in [2.75, 3.05) is 0 Å². The lowest BCUT2D eigenvalue weighted by atomic mass is 9.65. The summed E-state index contributed by atoms with van der Waals surface area (Å²) in [6.45, 7) is 15.5. The van der Waals surface area contributed by atoms with E-state index >= 15 is 0 Å². The fourth-order valence-corrected chi connectivity index (χ4v) is 4.58. The molecule has 0 spiro atoms. The van der Waals surface area contributed by atoms with Gasteiger partial charge in [-0.2, -0.15) is 9.78 Å². The average molecular weight is 511 g/mol. The summed E-state index contributed by atoms with van der Waals surface area (Å²) in [7, 11) is 0. The van der Waals surface area contributed by atoms with Gasteiger partial charge in [-0.3, -0.25) is 9.78 Å². The lowest BCUT2D eigenvalue weighted by molar-refractivity contribution is -0.328. The molecule has 0 N–H and O–H groups in total. The highest BCUT2D eigenvalue weighted by Gasteiger charge is 2.45. The third kappa shape index (κ3) is 13.8. The van der Waals surface area contributed by atoms with Crippen molar-refractivity contribution in [2.45, 2.75) is 150 Å². The maximum absolute atomic E-state index is 13.2. The molecule has 0 amide bonds. The Bertz CT molecular complexity index is 672. The SMILES string of the molecule is CCCCCCC1C=CC(CCCCCCCC(=O)OOC(C)(C)C)CC1(C)C(=O)OOC(C)(C)C. The van der Waals surface area contributed by atoms with Crippen LogP contribution >= 0.6 is 0 Å². The minimum Gasteiger partial charge on any atom is -0.298 e. The first-order chi connectivity index (χ1) is 16.8. The number of rotatable bonds is 16. The molecule has 0 aromatic heterocycles. The molecule has 0 radical (unpaired) electrons. The average Bonchev–Trinajstić information content (AvgIpc) is 2.78. The predicted molar refractivity (Wildman–Crippen MR) is 144 cm³/mol. The van der Waals surface area contributed by atoms with Crippen LogP contribution < -0.4 is 0 Å². The Kier molecular flexibility index (Phi) is 14.3. The normalized spacial score (nSPS) is 22.4. The van der Waals surface area contributed by atoms with Crippen molar-refractivity contribution in [3.05, 3.63) is 12.2 Å². The molecule has 210 valence electrons. The van der Waals surface area contributed by atoms with E-state index in [0.29, 0.717) is 12.3 Å². The lowest BCUT2D eigenvalue weighted by Crippen LogP contribution is -2.41. The molecule has 0 saturated carbocycles. The van der Waals surface area contributed by atoms with Crippen LogP contribution in [0.3, 0.4) is 0 Å². The first-order valence-electron chi connectivity index (χ1n) is 14.2. The largest absolute Gasteiger partial charge is 0.348 e. The van der Waals surface area contributed by atoms with Crippen LogP contribution in [0.15, 0.2) is 12.2 Å². The second-order valence-corrected chi connectivity index (χ2v) is 12.7. The minimum absolute atomic E-state index is 0.184. The first kappa shape index (κ1) is 32.6. The third-order valence-corrected chi connectivity index (χ3v) is 6.66. The van der Waals surface area contributed by atoms with Gasteiger partial charge in [0.25, 0.3) is 0 Å². The number of carbonyl (C=O) groups excluding carboxylic acids is 2. The summed E-state index contributed by atoms with van der Waals surface area (Å²) < 4.78 is 0. The molecule has 1 rings (SSSR count). The molecular formula is C30H54O6. The molecule has 0 bridgehead atoms. The highest BCUT2D eigenvalue weighted by molar-refractivity contribution is 5.77. The van der Waals surface area contributed by atoms with E-state index in [0.717, 1.165) is 57.8 Å². The van der Waals surface area contributed by atoms with E-state index in [1.165, 1.54) is 19.3 Å². The maximum Gasteiger partial charge on any atom is 0.348 e.